The molecule has 0 aromatic heterocycles. The number of nitrogens with two attached hydrogens (primary N) is 1. The van der Waals surface area contributed by atoms with Crippen molar-refractivity contribution in [2.45, 2.75) is 25.6 Å². The number of likely N-dealkylation sites (N-methyl/N-ethyl adjacent to an activating group) is 1. The summed E-state index contributed by atoms with van der Waals surface area (Å²) >= 11 is 0. The van der Waals surface area contributed by atoms with Gasteiger partial charge in [-0.05, 0) is 20.4 Å². The molecule has 0 spiro atoms. The van der Waals surface area contributed by atoms with Crippen LogP contribution in [0.2, 0.25) is 0 Å². The molecule has 1 saturated heterocycles. The molecule has 0 aromatic carbocycles. The maximum atomic E-state index is 5.80. The normalized spacial score (nSPS) is 37.5. The first-order valence-electron chi connectivity index (χ1n) is 3.89. The molecule has 2 unspecified atom stereocenters. The summed E-state index contributed by atoms with van der Waals surface area (Å²) in [5.41, 5.74) is 5.80. The topological polar surface area (TPSA) is 41.3 Å². The van der Waals surface area contributed by atoms with Gasteiger partial charge in [0.2, 0.25) is 0 Å². The van der Waals surface area contributed by atoms with Gasteiger partial charge in [0.25, 0.3) is 0 Å². The van der Waals surface area contributed by atoms with Gasteiger partial charge in [-0.2, -0.15) is 0 Å². The molecular weight excluding hydrogens is 126 g/mol. The van der Waals surface area contributed by atoms with E-state index in [9.17, 15) is 0 Å². The molecule has 1 heterocycles. The lowest BCUT2D eigenvalue weighted by molar-refractivity contribution is 0.263. The predicted molar refractivity (Wildman–Crippen MR) is 42.7 cm³/mol. The molecule has 0 radical (unpaired) electrons. The molecule has 60 valence electrons. The number of nitrogens with zero attached hydrogens (tertiary/aromatic N) is 1. The van der Waals surface area contributed by atoms with Crippen molar-refractivity contribution >= 4 is 0 Å². The molecule has 0 aromatic rings. The molecular formula is C7H17N3. The van der Waals surface area contributed by atoms with E-state index in [2.05, 4.69) is 24.2 Å². The van der Waals surface area contributed by atoms with Crippen LogP contribution in [-0.2, 0) is 0 Å². The average molecular weight is 143 g/mol. The minimum atomic E-state index is 0.199. The molecule has 3 nitrogen and oxygen atoms in total. The van der Waals surface area contributed by atoms with Gasteiger partial charge in [-0.3, -0.25) is 4.90 Å². The number of nitrogens with one attached hydrogen (secondary N) is 1. The van der Waals surface area contributed by atoms with Gasteiger partial charge >= 0.3 is 0 Å². The largest absolute Gasteiger partial charge is 0.315 e. The summed E-state index contributed by atoms with van der Waals surface area (Å²) < 4.78 is 0. The van der Waals surface area contributed by atoms with Crippen molar-refractivity contribution in [1.82, 2.24) is 10.2 Å². The summed E-state index contributed by atoms with van der Waals surface area (Å²) in [5, 5.41) is 3.36. The van der Waals surface area contributed by atoms with Crippen molar-refractivity contribution in [1.29, 1.82) is 0 Å². The van der Waals surface area contributed by atoms with E-state index >= 15 is 0 Å². The molecule has 1 aliphatic heterocycles. The summed E-state index contributed by atoms with van der Waals surface area (Å²) in [6, 6.07) is 0.621. The Bertz CT molecular complexity index is 93.0. The van der Waals surface area contributed by atoms with Gasteiger partial charge in [-0.25, -0.2) is 0 Å². The van der Waals surface area contributed by atoms with Gasteiger partial charge < -0.3 is 11.1 Å². The molecule has 1 aliphatic rings. The highest BCUT2D eigenvalue weighted by atomic mass is 15.2. The number of hydrogen-bond acceptors (Lipinski definition) is 3. The van der Waals surface area contributed by atoms with Crippen LogP contribution in [0.3, 0.4) is 0 Å². The molecule has 1 rings (SSSR count). The van der Waals surface area contributed by atoms with Crippen molar-refractivity contribution in [3.63, 3.8) is 0 Å². The SMILES string of the molecule is CC1CCN(C)C(N)CN1. The Morgan fingerprint density at radius 1 is 1.60 bits per heavy atom. The second kappa shape index (κ2) is 3.32. The first-order valence-corrected chi connectivity index (χ1v) is 3.89. The fraction of sp³-hybridized carbons (Fsp3) is 1.00. The molecule has 0 bridgehead atoms. The van der Waals surface area contributed by atoms with E-state index in [1.54, 1.807) is 0 Å². The maximum absolute atomic E-state index is 5.80. The van der Waals surface area contributed by atoms with Crippen LogP contribution in [0.1, 0.15) is 13.3 Å². The third-order valence-electron chi connectivity index (χ3n) is 2.16. The summed E-state index contributed by atoms with van der Waals surface area (Å²) in [4.78, 5) is 2.19. The second-order valence-electron chi connectivity index (χ2n) is 3.15. The molecule has 1 fully saturated rings. The highest BCUT2D eigenvalue weighted by molar-refractivity contribution is 4.74. The fourth-order valence-corrected chi connectivity index (χ4v) is 1.14. The van der Waals surface area contributed by atoms with E-state index in [1.165, 1.54) is 6.42 Å². The summed E-state index contributed by atoms with van der Waals surface area (Å²) in [6.45, 7) is 4.22. The first-order chi connectivity index (χ1) is 4.70. The van der Waals surface area contributed by atoms with E-state index in [1.807, 2.05) is 0 Å². The van der Waals surface area contributed by atoms with E-state index in [0.29, 0.717) is 6.04 Å². The fourth-order valence-electron chi connectivity index (χ4n) is 1.14. The van der Waals surface area contributed by atoms with Crippen molar-refractivity contribution in [2.24, 2.45) is 5.73 Å². The Hall–Kier alpha value is -0.120. The number of hydrogen-bond donors (Lipinski definition) is 2. The van der Waals surface area contributed by atoms with Crippen LogP contribution in [0.25, 0.3) is 0 Å². The van der Waals surface area contributed by atoms with Crippen molar-refractivity contribution in [3.8, 4) is 0 Å². The molecule has 3 heteroatoms. The standard InChI is InChI=1S/C7H17N3/c1-6-3-4-10(2)7(8)5-9-6/h6-7,9H,3-5,8H2,1-2H3. The Kier molecular flexibility index (Phi) is 2.65. The van der Waals surface area contributed by atoms with Crippen LogP contribution in [0.4, 0.5) is 0 Å². The van der Waals surface area contributed by atoms with E-state index < -0.39 is 0 Å². The lowest BCUT2D eigenvalue weighted by atomic mass is 10.2. The van der Waals surface area contributed by atoms with Crippen molar-refractivity contribution in [3.05, 3.63) is 0 Å². The van der Waals surface area contributed by atoms with Gasteiger partial charge in [-0.15, -0.1) is 0 Å². The quantitative estimate of drug-likeness (QED) is 0.484. The molecule has 0 saturated carbocycles. The third kappa shape index (κ3) is 1.94. The van der Waals surface area contributed by atoms with Crippen LogP contribution in [-0.4, -0.2) is 37.2 Å². The maximum Gasteiger partial charge on any atom is 0.0698 e. The van der Waals surface area contributed by atoms with Gasteiger partial charge in [0.05, 0.1) is 6.17 Å². The Balaban J connectivity index is 2.38. The average Bonchev–Trinajstić information content (AvgIpc) is 2.04. The molecule has 3 N–H and O–H groups in total. The monoisotopic (exact) mass is 143 g/mol. The Labute approximate surface area is 62.6 Å². The molecule has 10 heavy (non-hydrogen) atoms. The number of rotatable bonds is 0. The highest BCUT2D eigenvalue weighted by Gasteiger charge is 2.15. The van der Waals surface area contributed by atoms with E-state index in [-0.39, 0.29) is 6.17 Å². The second-order valence-corrected chi connectivity index (χ2v) is 3.15. The predicted octanol–water partition coefficient (Wildman–Crippen LogP) is -0.415. The minimum absolute atomic E-state index is 0.199. The van der Waals surface area contributed by atoms with Gasteiger partial charge in [0, 0.05) is 19.1 Å². The van der Waals surface area contributed by atoms with Crippen LogP contribution in [0.15, 0.2) is 0 Å². The summed E-state index contributed by atoms with van der Waals surface area (Å²) in [5.74, 6) is 0. The summed E-state index contributed by atoms with van der Waals surface area (Å²) in [6.07, 6.45) is 1.40. The van der Waals surface area contributed by atoms with E-state index in [4.69, 9.17) is 5.73 Å². The van der Waals surface area contributed by atoms with Gasteiger partial charge in [-0.1, -0.05) is 0 Å². The van der Waals surface area contributed by atoms with Crippen molar-refractivity contribution < 1.29 is 0 Å². The van der Waals surface area contributed by atoms with Gasteiger partial charge in [0.1, 0.15) is 0 Å². The van der Waals surface area contributed by atoms with Crippen LogP contribution in [0, 0.1) is 0 Å². The molecule has 0 aliphatic carbocycles. The Morgan fingerprint density at radius 2 is 2.30 bits per heavy atom. The zero-order valence-corrected chi connectivity index (χ0v) is 6.80. The highest BCUT2D eigenvalue weighted by Crippen LogP contribution is 2.00. The van der Waals surface area contributed by atoms with Crippen molar-refractivity contribution in [2.75, 3.05) is 20.1 Å². The molecule has 2 atom stereocenters. The van der Waals surface area contributed by atoms with E-state index in [0.717, 1.165) is 13.1 Å². The zero-order valence-electron chi connectivity index (χ0n) is 6.80. The smallest absolute Gasteiger partial charge is 0.0698 e. The lowest BCUT2D eigenvalue weighted by Crippen LogP contribution is -2.44. The minimum Gasteiger partial charge on any atom is -0.315 e. The molecule has 0 amide bonds. The van der Waals surface area contributed by atoms with Crippen LogP contribution < -0.4 is 11.1 Å². The third-order valence-corrected chi connectivity index (χ3v) is 2.16. The zero-order chi connectivity index (χ0) is 7.56. The van der Waals surface area contributed by atoms with Crippen LogP contribution in [0.5, 0.6) is 0 Å². The first kappa shape index (κ1) is 7.98. The van der Waals surface area contributed by atoms with Gasteiger partial charge in [0.15, 0.2) is 0 Å². The summed E-state index contributed by atoms with van der Waals surface area (Å²) in [7, 11) is 2.07. The van der Waals surface area contributed by atoms with Crippen LogP contribution >= 0.6 is 0 Å². The lowest BCUT2D eigenvalue weighted by Gasteiger charge is -2.20. The Morgan fingerprint density at radius 3 is 3.00 bits per heavy atom.